The van der Waals surface area contributed by atoms with Crippen molar-refractivity contribution in [1.82, 2.24) is 4.72 Å². The molecule has 0 saturated carbocycles. The lowest BCUT2D eigenvalue weighted by atomic mass is 10.2. The number of rotatable bonds is 7. The minimum absolute atomic E-state index is 0.129. The molecule has 10 heteroatoms. The molecule has 0 atom stereocenters. The van der Waals surface area contributed by atoms with Gasteiger partial charge in [-0.05, 0) is 69.8 Å². The third-order valence-corrected chi connectivity index (χ3v) is 5.42. The van der Waals surface area contributed by atoms with Crippen molar-refractivity contribution in [3.63, 3.8) is 0 Å². The molecule has 0 aliphatic heterocycles. The zero-order valence-corrected chi connectivity index (χ0v) is 19.4. The summed E-state index contributed by atoms with van der Waals surface area (Å²) in [5, 5.41) is 5.29. The Morgan fingerprint density at radius 1 is 1.00 bits per heavy atom. The van der Waals surface area contributed by atoms with Gasteiger partial charge in [0.05, 0.1) is 17.7 Å². The summed E-state index contributed by atoms with van der Waals surface area (Å²) in [4.78, 5) is 24.5. The summed E-state index contributed by atoms with van der Waals surface area (Å²) in [6.45, 7) is 5.25. The highest BCUT2D eigenvalue weighted by Gasteiger charge is 2.18. The number of amides is 2. The predicted octanol–water partition coefficient (Wildman–Crippen LogP) is 3.60. The SMILES string of the molecule is CNS(=O)(=O)c1ccc(/C=C/C(=O)Nc2ccc(OC)c(NC(=O)OC(C)(C)C)c2)cc1. The molecule has 3 N–H and O–H groups in total. The average molecular weight is 462 g/mol. The maximum absolute atomic E-state index is 12.3. The van der Waals surface area contributed by atoms with Gasteiger partial charge < -0.3 is 14.8 Å². The van der Waals surface area contributed by atoms with E-state index in [1.807, 2.05) is 0 Å². The van der Waals surface area contributed by atoms with Gasteiger partial charge in [0.2, 0.25) is 15.9 Å². The normalized spacial score (nSPS) is 11.8. The van der Waals surface area contributed by atoms with Crippen molar-refractivity contribution in [3.8, 4) is 5.75 Å². The lowest BCUT2D eigenvalue weighted by Crippen LogP contribution is -2.27. The van der Waals surface area contributed by atoms with Gasteiger partial charge in [0, 0.05) is 11.8 Å². The Morgan fingerprint density at radius 3 is 2.22 bits per heavy atom. The first-order chi connectivity index (χ1) is 14.9. The number of sulfonamides is 1. The predicted molar refractivity (Wildman–Crippen MR) is 123 cm³/mol. The van der Waals surface area contributed by atoms with Crippen molar-refractivity contribution in [2.45, 2.75) is 31.3 Å². The van der Waals surface area contributed by atoms with E-state index in [4.69, 9.17) is 9.47 Å². The number of nitrogens with one attached hydrogen (secondary N) is 3. The Morgan fingerprint density at radius 2 is 1.66 bits per heavy atom. The molecule has 0 aliphatic rings. The van der Waals surface area contributed by atoms with Gasteiger partial charge >= 0.3 is 6.09 Å². The molecule has 0 spiro atoms. The van der Waals surface area contributed by atoms with E-state index < -0.39 is 27.6 Å². The minimum atomic E-state index is -3.52. The molecule has 0 fully saturated rings. The molecule has 0 aromatic heterocycles. The second-order valence-corrected chi connectivity index (χ2v) is 9.53. The molecule has 2 amide bonds. The zero-order chi connectivity index (χ0) is 23.9. The third kappa shape index (κ3) is 7.40. The standard InChI is InChI=1S/C22H27N3O6S/c1-22(2,3)31-21(27)25-18-14-16(9-12-19(18)30-5)24-20(26)13-8-15-6-10-17(11-7-15)32(28,29)23-4/h6-14,23H,1-5H3,(H,24,26)(H,25,27)/b13-8+. The molecule has 2 aromatic rings. The number of benzene rings is 2. The van der Waals surface area contributed by atoms with Crippen LogP contribution in [0.25, 0.3) is 6.08 Å². The fraction of sp³-hybridized carbons (Fsp3) is 0.273. The van der Waals surface area contributed by atoms with Gasteiger partial charge in [0.1, 0.15) is 11.4 Å². The second kappa shape index (κ2) is 10.3. The van der Waals surface area contributed by atoms with E-state index in [2.05, 4.69) is 15.4 Å². The number of carbonyl (C=O) groups is 2. The summed E-state index contributed by atoms with van der Waals surface area (Å²) in [7, 11) is -0.722. The molecule has 32 heavy (non-hydrogen) atoms. The van der Waals surface area contributed by atoms with Gasteiger partial charge in [-0.2, -0.15) is 0 Å². The van der Waals surface area contributed by atoms with Gasteiger partial charge in [0.25, 0.3) is 0 Å². The quantitative estimate of drug-likeness (QED) is 0.542. The molecule has 2 aromatic carbocycles. The van der Waals surface area contributed by atoms with E-state index in [1.165, 1.54) is 32.4 Å². The molecule has 0 bridgehead atoms. The smallest absolute Gasteiger partial charge is 0.412 e. The highest BCUT2D eigenvalue weighted by atomic mass is 32.2. The van der Waals surface area contributed by atoms with Crippen molar-refractivity contribution in [1.29, 1.82) is 0 Å². The maximum Gasteiger partial charge on any atom is 0.412 e. The molecular formula is C22H27N3O6S. The summed E-state index contributed by atoms with van der Waals surface area (Å²) in [6.07, 6.45) is 2.21. The molecule has 0 saturated heterocycles. The maximum atomic E-state index is 12.3. The zero-order valence-electron chi connectivity index (χ0n) is 18.6. The van der Waals surface area contributed by atoms with E-state index in [9.17, 15) is 18.0 Å². The number of anilines is 2. The molecule has 0 unspecified atom stereocenters. The third-order valence-electron chi connectivity index (χ3n) is 3.99. The number of hydrogen-bond acceptors (Lipinski definition) is 6. The largest absolute Gasteiger partial charge is 0.495 e. The van der Waals surface area contributed by atoms with Gasteiger partial charge in [-0.3, -0.25) is 10.1 Å². The first-order valence-corrected chi connectivity index (χ1v) is 11.1. The lowest BCUT2D eigenvalue weighted by molar-refractivity contribution is -0.111. The Balaban J connectivity index is 2.08. The Kier molecular flexibility index (Phi) is 8.01. The van der Waals surface area contributed by atoms with Crippen LogP contribution in [0.2, 0.25) is 0 Å². The highest BCUT2D eigenvalue weighted by molar-refractivity contribution is 7.89. The van der Waals surface area contributed by atoms with Gasteiger partial charge in [0.15, 0.2) is 0 Å². The van der Waals surface area contributed by atoms with Crippen LogP contribution >= 0.6 is 0 Å². The molecule has 0 aliphatic carbocycles. The lowest BCUT2D eigenvalue weighted by Gasteiger charge is -2.20. The highest BCUT2D eigenvalue weighted by Crippen LogP contribution is 2.28. The molecule has 2 rings (SSSR count). The number of carbonyl (C=O) groups excluding carboxylic acids is 2. The monoisotopic (exact) mass is 461 g/mol. The summed E-state index contributed by atoms with van der Waals surface area (Å²) in [5.74, 6) is -0.00804. The van der Waals surface area contributed by atoms with Crippen molar-refractivity contribution in [3.05, 3.63) is 54.1 Å². The number of hydrogen-bond donors (Lipinski definition) is 3. The Hall–Kier alpha value is -3.37. The van der Waals surface area contributed by atoms with Crippen LogP contribution in [0, 0.1) is 0 Å². The van der Waals surface area contributed by atoms with Crippen molar-refractivity contribution < 1.29 is 27.5 Å². The van der Waals surface area contributed by atoms with E-state index >= 15 is 0 Å². The van der Waals surface area contributed by atoms with E-state index in [0.717, 1.165) is 0 Å². The fourth-order valence-electron chi connectivity index (χ4n) is 2.53. The molecule has 0 heterocycles. The number of methoxy groups -OCH3 is 1. The van der Waals surface area contributed by atoms with Crippen molar-refractivity contribution in [2.24, 2.45) is 0 Å². The van der Waals surface area contributed by atoms with Gasteiger partial charge in [-0.1, -0.05) is 12.1 Å². The summed E-state index contributed by atoms with van der Waals surface area (Å²) in [5.41, 5.74) is 0.757. The van der Waals surface area contributed by atoms with Crippen LogP contribution in [0.5, 0.6) is 5.75 Å². The minimum Gasteiger partial charge on any atom is -0.495 e. The van der Waals surface area contributed by atoms with Crippen molar-refractivity contribution in [2.75, 3.05) is 24.8 Å². The van der Waals surface area contributed by atoms with E-state index in [-0.39, 0.29) is 4.90 Å². The first-order valence-electron chi connectivity index (χ1n) is 9.64. The summed E-state index contributed by atoms with van der Waals surface area (Å²) in [6, 6.07) is 10.8. The van der Waals surface area contributed by atoms with Crippen LogP contribution < -0.4 is 20.1 Å². The van der Waals surface area contributed by atoms with E-state index in [0.29, 0.717) is 22.7 Å². The Labute approximate surface area is 187 Å². The van der Waals surface area contributed by atoms with E-state index in [1.54, 1.807) is 57.2 Å². The van der Waals surface area contributed by atoms with Crippen LogP contribution in [0.4, 0.5) is 16.2 Å². The molecule has 9 nitrogen and oxygen atoms in total. The Bertz CT molecular complexity index is 1100. The summed E-state index contributed by atoms with van der Waals surface area (Å²) < 4.78 is 36.2. The fourth-order valence-corrected chi connectivity index (χ4v) is 3.26. The van der Waals surface area contributed by atoms with Crippen LogP contribution in [0.15, 0.2) is 53.4 Å². The molecule has 0 radical (unpaired) electrons. The van der Waals surface area contributed by atoms with Gasteiger partial charge in [-0.25, -0.2) is 17.9 Å². The first kappa shape index (κ1) is 24.9. The van der Waals surface area contributed by atoms with Crippen LogP contribution in [-0.2, 0) is 19.6 Å². The second-order valence-electron chi connectivity index (χ2n) is 7.64. The molecule has 172 valence electrons. The van der Waals surface area contributed by atoms with Gasteiger partial charge in [-0.15, -0.1) is 0 Å². The van der Waals surface area contributed by atoms with Crippen LogP contribution in [0.1, 0.15) is 26.3 Å². The van der Waals surface area contributed by atoms with Crippen LogP contribution in [0.3, 0.4) is 0 Å². The summed E-state index contributed by atoms with van der Waals surface area (Å²) >= 11 is 0. The molecular weight excluding hydrogens is 434 g/mol. The van der Waals surface area contributed by atoms with Crippen molar-refractivity contribution >= 4 is 39.5 Å². The van der Waals surface area contributed by atoms with Crippen LogP contribution in [-0.4, -0.2) is 40.2 Å². The average Bonchev–Trinajstić information content (AvgIpc) is 2.71. The topological polar surface area (TPSA) is 123 Å². The number of ether oxygens (including phenoxy) is 2.